The summed E-state index contributed by atoms with van der Waals surface area (Å²) in [5, 5.41) is 11.4. The second kappa shape index (κ2) is 9.82. The third-order valence-electron chi connectivity index (χ3n) is 5.15. The molecule has 1 unspecified atom stereocenters. The molecule has 0 saturated heterocycles. The Morgan fingerprint density at radius 3 is 2.67 bits per heavy atom. The predicted octanol–water partition coefficient (Wildman–Crippen LogP) is 3.54. The van der Waals surface area contributed by atoms with Crippen LogP contribution in [-0.4, -0.2) is 46.2 Å². The number of hydrogen-bond acceptors (Lipinski definition) is 8. The van der Waals surface area contributed by atoms with Crippen LogP contribution < -0.4 is 4.90 Å². The van der Waals surface area contributed by atoms with Gasteiger partial charge in [-0.05, 0) is 36.4 Å². The average Bonchev–Trinajstić information content (AvgIpc) is 2.71. The van der Waals surface area contributed by atoms with Crippen molar-refractivity contribution in [2.24, 2.45) is 0 Å². The number of benzene rings is 1. The molecule has 0 bridgehead atoms. The van der Waals surface area contributed by atoms with E-state index in [2.05, 4.69) is 9.97 Å². The Hall–Kier alpha value is -2.78. The molecule has 160 valence electrons. The molecule has 0 amide bonds. The normalized spacial score (nSPS) is 18.9. The lowest BCUT2D eigenvalue weighted by Gasteiger charge is -2.45. The summed E-state index contributed by atoms with van der Waals surface area (Å²) in [4.78, 5) is 32.8. The van der Waals surface area contributed by atoms with Gasteiger partial charge in [0.15, 0.2) is 0 Å². The van der Waals surface area contributed by atoms with Gasteiger partial charge in [0.2, 0.25) is 11.1 Å². The highest BCUT2D eigenvalue weighted by molar-refractivity contribution is 6.28. The van der Waals surface area contributed by atoms with Gasteiger partial charge in [-0.1, -0.05) is 37.3 Å². The van der Waals surface area contributed by atoms with Crippen LogP contribution in [0.1, 0.15) is 31.7 Å². The van der Waals surface area contributed by atoms with Gasteiger partial charge < -0.3 is 14.4 Å². The first-order valence-corrected chi connectivity index (χ1v) is 10.0. The first-order chi connectivity index (χ1) is 14.4. The zero-order valence-corrected chi connectivity index (χ0v) is 17.5. The third kappa shape index (κ3) is 4.85. The number of nitro groups is 1. The van der Waals surface area contributed by atoms with Gasteiger partial charge in [0.1, 0.15) is 12.2 Å². The molecule has 1 heterocycles. The summed E-state index contributed by atoms with van der Waals surface area (Å²) in [7, 11) is 1.29. The number of nitrogens with zero attached hydrogens (tertiary/aromatic N) is 4. The highest BCUT2D eigenvalue weighted by Crippen LogP contribution is 2.38. The number of anilines is 1. The maximum Gasteiger partial charge on any atom is 0.329 e. The average molecular weight is 435 g/mol. The van der Waals surface area contributed by atoms with E-state index >= 15 is 0 Å². The minimum absolute atomic E-state index is 0.0174. The number of ether oxygens (including phenoxy) is 2. The molecule has 0 radical (unpaired) electrons. The van der Waals surface area contributed by atoms with Gasteiger partial charge >= 0.3 is 11.7 Å². The second-order valence-corrected chi connectivity index (χ2v) is 7.34. The molecule has 3 rings (SSSR count). The Bertz CT molecular complexity index is 892. The number of halogens is 1. The summed E-state index contributed by atoms with van der Waals surface area (Å²) in [5.41, 5.74) is 0.757. The van der Waals surface area contributed by atoms with E-state index in [1.807, 2.05) is 37.3 Å². The highest BCUT2D eigenvalue weighted by Gasteiger charge is 2.43. The van der Waals surface area contributed by atoms with Crippen molar-refractivity contribution in [2.75, 3.05) is 12.0 Å². The van der Waals surface area contributed by atoms with Gasteiger partial charge in [-0.2, -0.15) is 4.98 Å². The lowest BCUT2D eigenvalue weighted by molar-refractivity contribution is -0.384. The molecule has 1 atom stereocenters. The van der Waals surface area contributed by atoms with Crippen molar-refractivity contribution in [1.29, 1.82) is 0 Å². The van der Waals surface area contributed by atoms with Crippen LogP contribution in [0.2, 0.25) is 5.28 Å². The van der Waals surface area contributed by atoms with Crippen molar-refractivity contribution >= 4 is 29.1 Å². The fraction of sp³-hybridized carbons (Fsp3) is 0.450. The van der Waals surface area contributed by atoms with Crippen LogP contribution in [0.3, 0.4) is 0 Å². The van der Waals surface area contributed by atoms with E-state index in [1.54, 1.807) is 4.90 Å². The van der Waals surface area contributed by atoms with Crippen molar-refractivity contribution in [3.05, 3.63) is 57.5 Å². The van der Waals surface area contributed by atoms with E-state index < -0.39 is 16.9 Å². The van der Waals surface area contributed by atoms with Crippen LogP contribution in [-0.2, 0) is 20.9 Å². The zero-order chi connectivity index (χ0) is 21.7. The van der Waals surface area contributed by atoms with Gasteiger partial charge in [-0.3, -0.25) is 10.1 Å². The Morgan fingerprint density at radius 2 is 2.07 bits per heavy atom. The van der Waals surface area contributed by atoms with Gasteiger partial charge in [0.05, 0.1) is 24.7 Å². The molecule has 1 aliphatic rings. The van der Waals surface area contributed by atoms with Crippen LogP contribution in [0.15, 0.2) is 36.5 Å². The number of aromatic nitrogens is 2. The minimum Gasteiger partial charge on any atom is -0.467 e. The fourth-order valence-electron chi connectivity index (χ4n) is 3.54. The van der Waals surface area contributed by atoms with E-state index in [-0.39, 0.29) is 28.9 Å². The van der Waals surface area contributed by atoms with E-state index in [0.29, 0.717) is 25.9 Å². The second-order valence-electron chi connectivity index (χ2n) is 7.00. The number of carbonyl (C=O) groups is 1. The topological polar surface area (TPSA) is 108 Å². The van der Waals surface area contributed by atoms with E-state index in [9.17, 15) is 14.9 Å². The minimum atomic E-state index is -0.736. The molecule has 0 aliphatic heterocycles. The SMILES string of the molecule is CCC(C(=O)OC)N(c1nc(Cl)ncc1[N+](=O)[O-])C1CC(OCc2ccccc2)C1. The number of esters is 1. The predicted molar refractivity (Wildman–Crippen MR) is 110 cm³/mol. The summed E-state index contributed by atoms with van der Waals surface area (Å²) < 4.78 is 10.9. The summed E-state index contributed by atoms with van der Waals surface area (Å²) in [5.74, 6) is -0.473. The molecule has 9 nitrogen and oxygen atoms in total. The standard InChI is InChI=1S/C20H23ClN4O5/c1-3-16(19(26)29-2)24(18-17(25(27)28)11-22-20(21)23-18)14-9-15(10-14)30-12-13-7-5-4-6-8-13/h4-8,11,14-16H,3,9-10,12H2,1-2H3. The van der Waals surface area contributed by atoms with Crippen molar-refractivity contribution in [1.82, 2.24) is 9.97 Å². The molecule has 1 saturated carbocycles. The maximum absolute atomic E-state index is 12.4. The van der Waals surface area contributed by atoms with Gasteiger partial charge in [0.25, 0.3) is 0 Å². The smallest absolute Gasteiger partial charge is 0.329 e. The molecule has 0 spiro atoms. The largest absolute Gasteiger partial charge is 0.467 e. The van der Waals surface area contributed by atoms with E-state index in [4.69, 9.17) is 21.1 Å². The Labute approximate surface area is 179 Å². The van der Waals surface area contributed by atoms with Crippen molar-refractivity contribution < 1.29 is 19.2 Å². The molecular weight excluding hydrogens is 412 g/mol. The van der Waals surface area contributed by atoms with E-state index in [1.165, 1.54) is 7.11 Å². The molecule has 0 N–H and O–H groups in total. The molecule has 30 heavy (non-hydrogen) atoms. The molecule has 1 fully saturated rings. The van der Waals surface area contributed by atoms with Gasteiger partial charge in [0, 0.05) is 6.04 Å². The van der Waals surface area contributed by atoms with Crippen molar-refractivity contribution in [2.45, 2.75) is 51.0 Å². The number of rotatable bonds is 9. The highest BCUT2D eigenvalue weighted by atomic mass is 35.5. The number of methoxy groups -OCH3 is 1. The van der Waals surface area contributed by atoms with Crippen molar-refractivity contribution in [3.8, 4) is 0 Å². The molecule has 10 heteroatoms. The fourth-order valence-corrected chi connectivity index (χ4v) is 3.67. The van der Waals surface area contributed by atoms with Crippen LogP contribution in [0, 0.1) is 10.1 Å². The molecular formula is C20H23ClN4O5. The molecule has 2 aromatic rings. The van der Waals surface area contributed by atoms with Crippen LogP contribution >= 0.6 is 11.6 Å². The molecule has 1 aromatic carbocycles. The summed E-state index contributed by atoms with van der Waals surface area (Å²) in [6.07, 6.45) is 2.61. The van der Waals surface area contributed by atoms with Crippen LogP contribution in [0.5, 0.6) is 0 Å². The Morgan fingerprint density at radius 1 is 1.37 bits per heavy atom. The third-order valence-corrected chi connectivity index (χ3v) is 5.33. The van der Waals surface area contributed by atoms with Gasteiger partial charge in [-0.15, -0.1) is 0 Å². The first kappa shape index (κ1) is 21.9. The van der Waals surface area contributed by atoms with Crippen LogP contribution in [0.25, 0.3) is 0 Å². The Balaban J connectivity index is 1.81. The zero-order valence-electron chi connectivity index (χ0n) is 16.7. The lowest BCUT2D eigenvalue weighted by atomic mass is 9.86. The van der Waals surface area contributed by atoms with Crippen LogP contribution in [0.4, 0.5) is 11.5 Å². The first-order valence-electron chi connectivity index (χ1n) is 9.63. The van der Waals surface area contributed by atoms with Gasteiger partial charge in [-0.25, -0.2) is 9.78 Å². The van der Waals surface area contributed by atoms with E-state index in [0.717, 1.165) is 11.8 Å². The molecule has 1 aromatic heterocycles. The quantitative estimate of drug-likeness (QED) is 0.255. The maximum atomic E-state index is 12.4. The number of hydrogen-bond donors (Lipinski definition) is 0. The number of carbonyl (C=O) groups excluding carboxylic acids is 1. The summed E-state index contributed by atoms with van der Waals surface area (Å²) in [6, 6.07) is 8.89. The Kier molecular flexibility index (Phi) is 7.17. The molecule has 1 aliphatic carbocycles. The monoisotopic (exact) mass is 434 g/mol. The lowest BCUT2D eigenvalue weighted by Crippen LogP contribution is -2.55. The van der Waals surface area contributed by atoms with Crippen molar-refractivity contribution in [3.63, 3.8) is 0 Å². The summed E-state index contributed by atoms with van der Waals surface area (Å²) in [6.45, 7) is 2.29. The summed E-state index contributed by atoms with van der Waals surface area (Å²) >= 11 is 5.93.